The van der Waals surface area contributed by atoms with Crippen molar-refractivity contribution >= 4 is 17.7 Å². The zero-order chi connectivity index (χ0) is 20.8. The number of rotatable bonds is 9. The van der Waals surface area contributed by atoms with Gasteiger partial charge >= 0.3 is 0 Å². The molecule has 0 unspecified atom stereocenters. The Labute approximate surface area is 173 Å². The molecule has 0 fully saturated rings. The van der Waals surface area contributed by atoms with Gasteiger partial charge in [0, 0.05) is 44.0 Å². The number of benzene rings is 2. The van der Waals surface area contributed by atoms with E-state index >= 15 is 0 Å². The summed E-state index contributed by atoms with van der Waals surface area (Å²) in [6, 6.07) is 9.64. The first-order chi connectivity index (χ1) is 14.0. The van der Waals surface area contributed by atoms with Crippen LogP contribution in [-0.4, -0.2) is 44.9 Å². The molecule has 2 aromatic carbocycles. The normalized spacial score (nSPS) is 13.5. The lowest BCUT2D eigenvalue weighted by atomic mass is 9.94. The van der Waals surface area contributed by atoms with E-state index in [1.165, 1.54) is 34.9 Å². The third-order valence-corrected chi connectivity index (χ3v) is 5.70. The van der Waals surface area contributed by atoms with Crippen LogP contribution in [0.25, 0.3) is 0 Å². The minimum atomic E-state index is -0.256. The van der Waals surface area contributed by atoms with Crippen molar-refractivity contribution in [3.63, 3.8) is 0 Å². The van der Waals surface area contributed by atoms with Gasteiger partial charge in [0.2, 0.25) is 0 Å². The third kappa shape index (κ3) is 5.36. The second kappa shape index (κ2) is 9.88. The van der Waals surface area contributed by atoms with E-state index in [1.54, 1.807) is 6.07 Å². The lowest BCUT2D eigenvalue weighted by Crippen LogP contribution is -2.36. The molecule has 1 heterocycles. The molecule has 0 saturated heterocycles. The van der Waals surface area contributed by atoms with Crippen LogP contribution in [0.1, 0.15) is 35.1 Å². The Balaban J connectivity index is 1.73. The molecule has 1 aliphatic heterocycles. The number of aryl methyl sites for hydroxylation is 2. The zero-order valence-electron chi connectivity index (χ0n) is 17.8. The van der Waals surface area contributed by atoms with Crippen LogP contribution in [0.15, 0.2) is 30.3 Å². The fourth-order valence-corrected chi connectivity index (χ4v) is 4.02. The predicted molar refractivity (Wildman–Crippen MR) is 118 cm³/mol. The van der Waals surface area contributed by atoms with Crippen LogP contribution in [0.2, 0.25) is 0 Å². The summed E-state index contributed by atoms with van der Waals surface area (Å²) >= 11 is 0. The predicted octanol–water partition coefficient (Wildman–Crippen LogP) is 4.19. The molecule has 0 spiro atoms. The Kier molecular flexibility index (Phi) is 7.26. The summed E-state index contributed by atoms with van der Waals surface area (Å²) in [5, 5.41) is 3.36. The van der Waals surface area contributed by atoms with E-state index in [4.69, 9.17) is 0 Å². The molecular weight excluding hydrogens is 365 g/mol. The topological polar surface area (TPSA) is 35.6 Å². The monoisotopic (exact) mass is 397 g/mol. The number of nitrogens with zero attached hydrogens (tertiary/aromatic N) is 2. The quantitative estimate of drug-likeness (QED) is 0.644. The van der Waals surface area contributed by atoms with Crippen LogP contribution >= 0.6 is 0 Å². The number of anilines is 2. The summed E-state index contributed by atoms with van der Waals surface area (Å²) in [6.45, 7) is 6.04. The number of carbonyl (C=O) groups is 1. The maximum Gasteiger partial charge on any atom is 0.128 e. The summed E-state index contributed by atoms with van der Waals surface area (Å²) in [5.41, 5.74) is 6.72. The van der Waals surface area contributed by atoms with Crippen LogP contribution in [0.4, 0.5) is 15.8 Å². The average Bonchev–Trinajstić information content (AvgIpc) is 2.71. The van der Waals surface area contributed by atoms with Crippen molar-refractivity contribution in [1.82, 2.24) is 4.90 Å². The first-order valence-electron chi connectivity index (χ1n) is 10.5. The first-order valence-corrected chi connectivity index (χ1v) is 10.5. The molecular formula is C24H32FN3O. The molecule has 0 radical (unpaired) electrons. The van der Waals surface area contributed by atoms with E-state index < -0.39 is 0 Å². The van der Waals surface area contributed by atoms with Gasteiger partial charge in [0.15, 0.2) is 0 Å². The van der Waals surface area contributed by atoms with Gasteiger partial charge in [0.1, 0.15) is 12.1 Å². The number of fused-ring (bicyclic) bond motifs is 1. The number of halogens is 1. The highest BCUT2D eigenvalue weighted by atomic mass is 19.1. The molecule has 0 bridgehead atoms. The Hall–Kier alpha value is -2.40. The van der Waals surface area contributed by atoms with Crippen molar-refractivity contribution in [2.45, 2.75) is 39.2 Å². The van der Waals surface area contributed by atoms with Gasteiger partial charge in [0.25, 0.3) is 0 Å². The Morgan fingerprint density at radius 1 is 1.21 bits per heavy atom. The van der Waals surface area contributed by atoms with Gasteiger partial charge in [-0.2, -0.15) is 0 Å². The average molecular weight is 398 g/mol. The Bertz CT molecular complexity index is 850. The summed E-state index contributed by atoms with van der Waals surface area (Å²) in [5.74, 6) is -0.256. The van der Waals surface area contributed by atoms with E-state index in [0.29, 0.717) is 24.9 Å². The molecule has 3 rings (SSSR count). The molecule has 5 heteroatoms. The maximum absolute atomic E-state index is 14.2. The van der Waals surface area contributed by atoms with Gasteiger partial charge in [-0.1, -0.05) is 18.2 Å². The SMILES string of the molecule is Cc1c(CNc2ccc(CCC=O)c(F)c2)ccc2c1N(CCN(C)C)CCC2. The van der Waals surface area contributed by atoms with E-state index in [-0.39, 0.29) is 5.82 Å². The fourth-order valence-electron chi connectivity index (χ4n) is 4.02. The molecule has 1 aliphatic rings. The molecule has 0 aliphatic carbocycles. The van der Waals surface area contributed by atoms with Crippen LogP contribution in [0.5, 0.6) is 0 Å². The number of carbonyl (C=O) groups excluding carboxylic acids is 1. The number of nitrogens with one attached hydrogen (secondary N) is 1. The van der Waals surface area contributed by atoms with E-state index in [2.05, 4.69) is 48.3 Å². The number of likely N-dealkylation sites (N-methyl/N-ethyl adjacent to an activating group) is 1. The summed E-state index contributed by atoms with van der Waals surface area (Å²) in [4.78, 5) is 15.2. The highest BCUT2D eigenvalue weighted by Crippen LogP contribution is 2.33. The molecule has 2 aromatic rings. The highest BCUT2D eigenvalue weighted by Gasteiger charge is 2.20. The van der Waals surface area contributed by atoms with E-state index in [1.807, 2.05) is 6.07 Å². The van der Waals surface area contributed by atoms with Gasteiger partial charge in [-0.3, -0.25) is 0 Å². The summed E-state index contributed by atoms with van der Waals surface area (Å²) < 4.78 is 14.2. The molecule has 29 heavy (non-hydrogen) atoms. The van der Waals surface area contributed by atoms with E-state index in [9.17, 15) is 9.18 Å². The number of hydrogen-bond acceptors (Lipinski definition) is 4. The van der Waals surface area contributed by atoms with Gasteiger partial charge in [-0.25, -0.2) is 4.39 Å². The summed E-state index contributed by atoms with van der Waals surface area (Å²) in [7, 11) is 4.23. The molecule has 4 nitrogen and oxygen atoms in total. The largest absolute Gasteiger partial charge is 0.381 e. The molecule has 156 valence electrons. The van der Waals surface area contributed by atoms with E-state index in [0.717, 1.165) is 38.0 Å². The van der Waals surface area contributed by atoms with Gasteiger partial charge in [-0.05, 0) is 74.7 Å². The Morgan fingerprint density at radius 3 is 2.72 bits per heavy atom. The van der Waals surface area contributed by atoms with Crippen LogP contribution in [-0.2, 0) is 24.2 Å². The molecule has 0 saturated carbocycles. The molecule has 0 atom stereocenters. The van der Waals surface area contributed by atoms with Crippen molar-refractivity contribution in [3.8, 4) is 0 Å². The second-order valence-electron chi connectivity index (χ2n) is 8.12. The number of aldehydes is 1. The minimum Gasteiger partial charge on any atom is -0.381 e. The van der Waals surface area contributed by atoms with Gasteiger partial charge < -0.3 is 19.9 Å². The standard InChI is InChI=1S/C24H32FN3O/c1-18-21(17-26-22-11-10-19(7-5-15-29)23(25)16-22)9-8-20-6-4-12-28(24(18)20)14-13-27(2)3/h8-11,15-16,26H,4-7,12-14,17H2,1-3H3. The molecule has 0 amide bonds. The van der Waals surface area contributed by atoms with Crippen molar-refractivity contribution < 1.29 is 9.18 Å². The minimum absolute atomic E-state index is 0.256. The maximum atomic E-state index is 14.2. The lowest BCUT2D eigenvalue weighted by Gasteiger charge is -2.34. The van der Waals surface area contributed by atoms with Crippen molar-refractivity contribution in [3.05, 3.63) is 58.4 Å². The second-order valence-corrected chi connectivity index (χ2v) is 8.12. The van der Waals surface area contributed by atoms with Crippen molar-refractivity contribution in [2.75, 3.05) is 43.9 Å². The van der Waals surface area contributed by atoms with Crippen LogP contribution in [0.3, 0.4) is 0 Å². The van der Waals surface area contributed by atoms with Crippen molar-refractivity contribution in [1.29, 1.82) is 0 Å². The smallest absolute Gasteiger partial charge is 0.128 e. The van der Waals surface area contributed by atoms with Crippen LogP contribution < -0.4 is 10.2 Å². The zero-order valence-corrected chi connectivity index (χ0v) is 17.8. The number of hydrogen-bond donors (Lipinski definition) is 1. The van der Waals surface area contributed by atoms with Gasteiger partial charge in [0.05, 0.1) is 0 Å². The summed E-state index contributed by atoms with van der Waals surface area (Å²) in [6.07, 6.45) is 3.96. The van der Waals surface area contributed by atoms with Crippen LogP contribution in [0, 0.1) is 12.7 Å². The highest BCUT2D eigenvalue weighted by molar-refractivity contribution is 5.64. The Morgan fingerprint density at radius 2 is 2.00 bits per heavy atom. The molecule has 0 aromatic heterocycles. The fraction of sp³-hybridized carbons (Fsp3) is 0.458. The van der Waals surface area contributed by atoms with Gasteiger partial charge in [-0.15, -0.1) is 0 Å². The molecule has 1 N–H and O–H groups in total. The first kappa shape index (κ1) is 21.3. The lowest BCUT2D eigenvalue weighted by molar-refractivity contribution is -0.107. The third-order valence-electron chi connectivity index (χ3n) is 5.70. The van der Waals surface area contributed by atoms with Crippen molar-refractivity contribution in [2.24, 2.45) is 0 Å².